The number of aryl methyl sites for hydroxylation is 1. The van der Waals surface area contributed by atoms with Gasteiger partial charge in [-0.2, -0.15) is 22.1 Å². The van der Waals surface area contributed by atoms with Crippen molar-refractivity contribution in [2.75, 3.05) is 39.3 Å². The van der Waals surface area contributed by atoms with Crippen molar-refractivity contribution >= 4 is 16.1 Å². The average Bonchev–Trinajstić information content (AvgIpc) is 2.68. The maximum absolute atomic E-state index is 13.0. The van der Waals surface area contributed by atoms with Crippen LogP contribution in [0.2, 0.25) is 0 Å². The first kappa shape index (κ1) is 21.9. The molecule has 3 heterocycles. The molecule has 0 bridgehead atoms. The first-order chi connectivity index (χ1) is 13.7. The summed E-state index contributed by atoms with van der Waals surface area (Å²) in [7, 11) is -3.60. The van der Waals surface area contributed by atoms with Gasteiger partial charge < -0.3 is 9.64 Å². The number of aromatic nitrogens is 2. The molecule has 3 rings (SSSR count). The summed E-state index contributed by atoms with van der Waals surface area (Å²) < 4.78 is 35.7. The van der Waals surface area contributed by atoms with Gasteiger partial charge in [0.2, 0.25) is 0 Å². The van der Waals surface area contributed by atoms with Crippen molar-refractivity contribution in [2.24, 2.45) is 0 Å². The summed E-state index contributed by atoms with van der Waals surface area (Å²) in [5.41, 5.74) is -0.0431. The van der Waals surface area contributed by atoms with E-state index in [-0.39, 0.29) is 55.5 Å². The highest BCUT2D eigenvalue weighted by Crippen LogP contribution is 2.19. The second kappa shape index (κ2) is 8.90. The zero-order chi connectivity index (χ0) is 21.2. The molecular formula is C18H29N5O5S. The Hall–Kier alpha value is -1.82. The first-order valence-electron chi connectivity index (χ1n) is 10.0. The van der Waals surface area contributed by atoms with Crippen molar-refractivity contribution in [1.82, 2.24) is 23.3 Å². The van der Waals surface area contributed by atoms with Gasteiger partial charge in [-0.05, 0) is 26.3 Å². The Morgan fingerprint density at radius 2 is 1.72 bits per heavy atom. The van der Waals surface area contributed by atoms with E-state index in [1.807, 2.05) is 20.8 Å². The van der Waals surface area contributed by atoms with Gasteiger partial charge in [-0.1, -0.05) is 6.92 Å². The van der Waals surface area contributed by atoms with Gasteiger partial charge in [0.05, 0.1) is 12.2 Å². The van der Waals surface area contributed by atoms with Crippen LogP contribution >= 0.6 is 0 Å². The van der Waals surface area contributed by atoms with Gasteiger partial charge in [-0.15, -0.1) is 0 Å². The van der Waals surface area contributed by atoms with Gasteiger partial charge >= 0.3 is 0 Å². The van der Waals surface area contributed by atoms with E-state index >= 15 is 0 Å². The minimum atomic E-state index is -3.60. The van der Waals surface area contributed by atoms with E-state index in [0.717, 1.165) is 6.42 Å². The minimum Gasteiger partial charge on any atom is -0.373 e. The Morgan fingerprint density at radius 3 is 2.31 bits per heavy atom. The highest BCUT2D eigenvalue weighted by atomic mass is 32.2. The van der Waals surface area contributed by atoms with E-state index in [1.54, 1.807) is 4.90 Å². The molecule has 2 fully saturated rings. The fourth-order valence-corrected chi connectivity index (χ4v) is 5.45. The van der Waals surface area contributed by atoms with Gasteiger partial charge in [0.15, 0.2) is 0 Å². The van der Waals surface area contributed by atoms with Gasteiger partial charge in [0.1, 0.15) is 5.69 Å². The molecule has 11 heteroatoms. The van der Waals surface area contributed by atoms with Crippen LogP contribution in [0.25, 0.3) is 0 Å². The monoisotopic (exact) mass is 427 g/mol. The number of nitrogens with zero attached hydrogens (tertiary/aromatic N) is 5. The van der Waals surface area contributed by atoms with Crippen LogP contribution in [0.4, 0.5) is 0 Å². The molecule has 2 saturated heterocycles. The van der Waals surface area contributed by atoms with Gasteiger partial charge in [-0.25, -0.2) is 4.68 Å². The fourth-order valence-electron chi connectivity index (χ4n) is 3.70. The van der Waals surface area contributed by atoms with E-state index in [1.165, 1.54) is 25.4 Å². The highest BCUT2D eigenvalue weighted by Gasteiger charge is 2.37. The van der Waals surface area contributed by atoms with Crippen LogP contribution in [0.3, 0.4) is 0 Å². The maximum atomic E-state index is 13.0. The van der Waals surface area contributed by atoms with Crippen molar-refractivity contribution in [2.45, 2.75) is 45.9 Å². The third-order valence-electron chi connectivity index (χ3n) is 5.09. The van der Waals surface area contributed by atoms with Gasteiger partial charge in [-0.3, -0.25) is 9.59 Å². The summed E-state index contributed by atoms with van der Waals surface area (Å²) in [6.07, 6.45) is 0.433. The Balaban J connectivity index is 1.65. The van der Waals surface area contributed by atoms with Crippen LogP contribution in [0.1, 0.15) is 37.7 Å². The molecule has 1 aromatic rings. The number of amides is 1. The van der Waals surface area contributed by atoms with E-state index < -0.39 is 10.2 Å². The number of carbonyl (C=O) groups is 1. The van der Waals surface area contributed by atoms with Crippen molar-refractivity contribution in [1.29, 1.82) is 0 Å². The number of ether oxygens (including phenoxy) is 1. The highest BCUT2D eigenvalue weighted by molar-refractivity contribution is 7.86. The topological polar surface area (TPSA) is 105 Å². The number of carbonyl (C=O) groups excluding carboxylic acids is 1. The van der Waals surface area contributed by atoms with Crippen molar-refractivity contribution in [3.8, 4) is 0 Å². The van der Waals surface area contributed by atoms with E-state index in [9.17, 15) is 18.0 Å². The van der Waals surface area contributed by atoms with E-state index in [4.69, 9.17) is 4.74 Å². The normalized spacial score (nSPS) is 24.6. The molecule has 2 aliphatic rings. The van der Waals surface area contributed by atoms with Crippen LogP contribution < -0.4 is 5.56 Å². The van der Waals surface area contributed by atoms with Gasteiger partial charge in [0, 0.05) is 51.9 Å². The van der Waals surface area contributed by atoms with E-state index in [0.29, 0.717) is 19.6 Å². The van der Waals surface area contributed by atoms with E-state index in [2.05, 4.69) is 5.10 Å². The summed E-state index contributed by atoms with van der Waals surface area (Å²) in [6.45, 7) is 7.76. The third kappa shape index (κ3) is 4.85. The number of morpholine rings is 1. The number of rotatable bonds is 5. The average molecular weight is 428 g/mol. The zero-order valence-corrected chi connectivity index (χ0v) is 18.0. The fraction of sp³-hybridized carbons (Fsp3) is 0.722. The molecule has 0 radical (unpaired) electrons. The minimum absolute atomic E-state index is 0.152. The van der Waals surface area contributed by atoms with Gasteiger partial charge in [0.25, 0.3) is 21.7 Å². The van der Waals surface area contributed by atoms with Crippen molar-refractivity contribution in [3.63, 3.8) is 0 Å². The summed E-state index contributed by atoms with van der Waals surface area (Å²) in [5.74, 6) is -0.291. The molecule has 0 saturated carbocycles. The quantitative estimate of drug-likeness (QED) is 0.643. The molecule has 1 amide bonds. The molecule has 2 atom stereocenters. The summed E-state index contributed by atoms with van der Waals surface area (Å²) in [4.78, 5) is 26.1. The maximum Gasteiger partial charge on any atom is 0.282 e. The molecule has 0 N–H and O–H groups in total. The molecule has 29 heavy (non-hydrogen) atoms. The lowest BCUT2D eigenvalue weighted by atomic mass is 10.3. The summed E-state index contributed by atoms with van der Waals surface area (Å²) in [6, 6.07) is 2.77. The first-order valence-corrected chi connectivity index (χ1v) is 11.4. The Morgan fingerprint density at radius 1 is 1.10 bits per heavy atom. The lowest BCUT2D eigenvalue weighted by Crippen LogP contribution is -2.57. The molecule has 0 aliphatic carbocycles. The molecule has 162 valence electrons. The molecule has 2 aliphatic heterocycles. The lowest BCUT2D eigenvalue weighted by Gasteiger charge is -2.40. The summed E-state index contributed by atoms with van der Waals surface area (Å²) >= 11 is 0. The standard InChI is InChI=1S/C18H29N5O5S/c1-4-7-23-17(24)6-5-16(19-23)18(25)20-8-10-21(11-9-20)29(26,27)22-12-14(2)28-15(3)13-22/h5-6,14-15H,4,7-13H2,1-3H3. The van der Waals surface area contributed by atoms with Crippen molar-refractivity contribution in [3.05, 3.63) is 28.2 Å². The molecule has 0 spiro atoms. The number of hydrogen-bond acceptors (Lipinski definition) is 6. The van der Waals surface area contributed by atoms with Crippen LogP contribution in [-0.2, 0) is 21.5 Å². The Labute approximate surface area is 171 Å². The second-order valence-corrected chi connectivity index (χ2v) is 9.48. The summed E-state index contributed by atoms with van der Waals surface area (Å²) in [5, 5.41) is 4.15. The molecule has 2 unspecified atom stereocenters. The van der Waals surface area contributed by atoms with Crippen LogP contribution in [0.5, 0.6) is 0 Å². The number of hydrogen-bond donors (Lipinski definition) is 0. The van der Waals surface area contributed by atoms with Crippen LogP contribution in [0, 0.1) is 0 Å². The zero-order valence-electron chi connectivity index (χ0n) is 17.2. The van der Waals surface area contributed by atoms with Crippen molar-refractivity contribution < 1.29 is 17.9 Å². The Bertz CT molecular complexity index is 884. The molecule has 0 aromatic carbocycles. The van der Waals surface area contributed by atoms with Crippen LogP contribution in [0.15, 0.2) is 16.9 Å². The van der Waals surface area contributed by atoms with Crippen LogP contribution in [-0.4, -0.2) is 89.1 Å². The predicted octanol–water partition coefficient (Wildman–Crippen LogP) is -0.235. The largest absolute Gasteiger partial charge is 0.373 e. The number of piperazine rings is 1. The SMILES string of the molecule is CCCn1nc(C(=O)N2CCN(S(=O)(=O)N3CC(C)OC(C)C3)CC2)ccc1=O. The molecular weight excluding hydrogens is 398 g/mol. The lowest BCUT2D eigenvalue weighted by molar-refractivity contribution is -0.0457. The third-order valence-corrected chi connectivity index (χ3v) is 7.05. The smallest absolute Gasteiger partial charge is 0.282 e. The Kier molecular flexibility index (Phi) is 6.72. The predicted molar refractivity (Wildman–Crippen MR) is 107 cm³/mol. The molecule has 1 aromatic heterocycles. The molecule has 10 nitrogen and oxygen atoms in total. The second-order valence-electron chi connectivity index (χ2n) is 7.55.